The van der Waals surface area contributed by atoms with E-state index in [0.29, 0.717) is 57.5 Å². The van der Waals surface area contributed by atoms with E-state index in [0.717, 1.165) is 10.4 Å². The van der Waals surface area contributed by atoms with Crippen molar-refractivity contribution < 1.29 is 38.6 Å². The van der Waals surface area contributed by atoms with Crippen molar-refractivity contribution in [2.45, 2.75) is 43.9 Å². The number of thioether (sulfide) groups is 1. The molecule has 0 bridgehead atoms. The highest BCUT2D eigenvalue weighted by Crippen LogP contribution is 2.38. The molecule has 5 rings (SSSR count). The number of benzene rings is 3. The van der Waals surface area contributed by atoms with Crippen molar-refractivity contribution in [1.82, 2.24) is 10.2 Å². The van der Waals surface area contributed by atoms with E-state index >= 15 is 0 Å². The molecule has 1 unspecified atom stereocenters. The number of hydrogen-bond acceptors (Lipinski definition) is 10. The minimum atomic E-state index is -0.621. The molecular formula is C38H38N4O8S2. The van der Waals surface area contributed by atoms with Crippen LogP contribution in [0.1, 0.15) is 57.5 Å². The minimum Gasteiger partial charge on any atom is -0.508 e. The number of amides is 4. The number of hydrogen-bond donors (Lipinski definition) is 4. The molecule has 3 aromatic carbocycles. The first-order chi connectivity index (χ1) is 25.0. The number of phenolic OH excluding ortho intramolecular Hbond substituents is 1. The molecule has 14 heteroatoms. The fourth-order valence-corrected chi connectivity index (χ4v) is 7.59. The molecule has 4 N–H and O–H groups in total. The zero-order valence-corrected chi connectivity index (χ0v) is 30.6. The molecule has 0 saturated carbocycles. The van der Waals surface area contributed by atoms with E-state index in [1.807, 2.05) is 0 Å². The van der Waals surface area contributed by atoms with E-state index in [-0.39, 0.29) is 29.9 Å². The lowest BCUT2D eigenvalue weighted by molar-refractivity contribution is -0.129. The van der Waals surface area contributed by atoms with Gasteiger partial charge in [-0.1, -0.05) is 24.3 Å². The van der Waals surface area contributed by atoms with Gasteiger partial charge in [0.1, 0.15) is 22.2 Å². The number of ether oxygens (including phenoxy) is 2. The molecule has 1 atom stereocenters. The number of nitrogens with zero attached hydrogens (tertiary/aromatic N) is 1. The molecule has 0 aliphatic carbocycles. The van der Waals surface area contributed by atoms with Crippen LogP contribution in [0, 0.1) is 0 Å². The maximum absolute atomic E-state index is 13.7. The van der Waals surface area contributed by atoms with Crippen LogP contribution in [0.25, 0.3) is 6.08 Å². The second kappa shape index (κ2) is 17.1. The summed E-state index contributed by atoms with van der Waals surface area (Å²) in [6.45, 7) is 5.95. The molecule has 0 spiro atoms. The monoisotopic (exact) mass is 742 g/mol. The summed E-state index contributed by atoms with van der Waals surface area (Å²) in [5.74, 6) is -1.79. The number of aromatic hydroxyl groups is 1. The van der Waals surface area contributed by atoms with E-state index in [2.05, 4.69) is 16.0 Å². The summed E-state index contributed by atoms with van der Waals surface area (Å²) in [6, 6.07) is 19.7. The number of rotatable bonds is 12. The summed E-state index contributed by atoms with van der Waals surface area (Å²) >= 11 is 2.52. The Labute approximate surface area is 309 Å². The van der Waals surface area contributed by atoms with E-state index < -0.39 is 23.0 Å². The molecule has 4 aromatic rings. The Morgan fingerprint density at radius 3 is 2.50 bits per heavy atom. The number of nitrogens with one attached hydrogen (secondary N) is 3. The quantitative estimate of drug-likeness (QED) is 0.0767. The largest absolute Gasteiger partial charge is 0.508 e. The summed E-state index contributed by atoms with van der Waals surface area (Å²) in [7, 11) is 1.43. The fraction of sp³-hybridized carbons (Fsp3) is 0.237. The third kappa shape index (κ3) is 9.19. The second-order valence-electron chi connectivity index (χ2n) is 11.7. The second-order valence-corrected chi connectivity index (χ2v) is 14.2. The van der Waals surface area contributed by atoms with Gasteiger partial charge < -0.3 is 35.4 Å². The number of anilines is 2. The van der Waals surface area contributed by atoms with Gasteiger partial charge in [0.25, 0.3) is 11.8 Å². The number of fused-ring (bicyclic) bond motifs is 1. The van der Waals surface area contributed by atoms with Crippen LogP contribution in [0.5, 0.6) is 11.5 Å². The van der Waals surface area contributed by atoms with Gasteiger partial charge in [-0.15, -0.1) is 23.1 Å². The number of methoxy groups -OCH3 is 1. The zero-order valence-electron chi connectivity index (χ0n) is 29.0. The number of phenols is 1. The van der Waals surface area contributed by atoms with Crippen molar-refractivity contribution in [3.05, 3.63) is 106 Å². The van der Waals surface area contributed by atoms with Crippen LogP contribution in [-0.4, -0.2) is 65.1 Å². The van der Waals surface area contributed by atoms with Crippen LogP contribution >= 0.6 is 23.1 Å². The predicted octanol–water partition coefficient (Wildman–Crippen LogP) is 6.07. The Balaban J connectivity index is 1.32. The number of carbonyl (C=O) groups excluding carboxylic acids is 5. The van der Waals surface area contributed by atoms with Crippen molar-refractivity contribution in [2.24, 2.45) is 0 Å². The van der Waals surface area contributed by atoms with E-state index in [9.17, 15) is 29.1 Å². The predicted molar refractivity (Wildman–Crippen MR) is 201 cm³/mol. The minimum absolute atomic E-state index is 0.0273. The molecule has 12 nitrogen and oxygen atoms in total. The number of carbonyl (C=O) groups is 5. The SMILES string of the molecule is CCOC(=O)c1c(NC(=O)C(C)Sc2cccc(NC(=O)/C(=C\c3ccc(O)cc3OC)NC(=O)c3ccccc3)c2)sc2c1CCN(C(C)=O)C2. The molecular weight excluding hydrogens is 705 g/mol. The first-order valence-corrected chi connectivity index (χ1v) is 18.1. The zero-order chi connectivity index (χ0) is 37.4. The van der Waals surface area contributed by atoms with Gasteiger partial charge >= 0.3 is 5.97 Å². The van der Waals surface area contributed by atoms with Gasteiger partial charge in [-0.25, -0.2) is 4.79 Å². The normalized spacial score (nSPS) is 13.0. The van der Waals surface area contributed by atoms with Crippen LogP contribution < -0.4 is 20.7 Å². The first kappa shape index (κ1) is 37.7. The van der Waals surface area contributed by atoms with Crippen LogP contribution in [0.15, 0.2) is 83.4 Å². The lowest BCUT2D eigenvalue weighted by atomic mass is 10.0. The lowest BCUT2D eigenvalue weighted by Gasteiger charge is -2.25. The van der Waals surface area contributed by atoms with Gasteiger partial charge in [-0.3, -0.25) is 19.2 Å². The highest BCUT2D eigenvalue weighted by Gasteiger charge is 2.31. The van der Waals surface area contributed by atoms with Gasteiger partial charge in [0.05, 0.1) is 31.1 Å². The Morgan fingerprint density at radius 2 is 1.79 bits per heavy atom. The molecule has 0 saturated heterocycles. The van der Waals surface area contributed by atoms with Gasteiger partial charge in [0, 0.05) is 46.1 Å². The third-order valence-electron chi connectivity index (χ3n) is 8.04. The molecule has 52 heavy (non-hydrogen) atoms. The van der Waals surface area contributed by atoms with Gasteiger partial charge in [0.15, 0.2) is 0 Å². The Morgan fingerprint density at radius 1 is 1.02 bits per heavy atom. The molecule has 1 aliphatic rings. The van der Waals surface area contributed by atoms with Crippen LogP contribution in [0.3, 0.4) is 0 Å². The van der Waals surface area contributed by atoms with Crippen molar-refractivity contribution in [3.63, 3.8) is 0 Å². The number of esters is 1. The van der Waals surface area contributed by atoms with Crippen LogP contribution in [0.2, 0.25) is 0 Å². The molecule has 1 aromatic heterocycles. The summed E-state index contributed by atoms with van der Waals surface area (Å²) in [6.07, 6.45) is 1.93. The Hall–Kier alpha value is -5.60. The van der Waals surface area contributed by atoms with Gasteiger partial charge in [-0.05, 0) is 74.4 Å². The third-order valence-corrected chi connectivity index (χ3v) is 10.3. The van der Waals surface area contributed by atoms with E-state index in [1.54, 1.807) is 79.4 Å². The number of thiophene rings is 1. The van der Waals surface area contributed by atoms with Gasteiger partial charge in [0.2, 0.25) is 11.8 Å². The van der Waals surface area contributed by atoms with Crippen molar-refractivity contribution >= 4 is 69.5 Å². The summed E-state index contributed by atoms with van der Waals surface area (Å²) in [5, 5.41) is 18.1. The standard InChI is InChI=1S/C38H38N4O8S2/c1-5-50-38(48)33-29-16-17-42(23(3)43)21-32(29)52-37(33)41-34(45)22(2)51-28-13-9-12-26(19-28)39-36(47)30(40-35(46)24-10-7-6-8-11-24)18-25-14-15-27(44)20-31(25)49-4/h6-15,18-20,22,44H,5,16-17,21H2,1-4H3,(H,39,47)(H,40,46)(H,41,45)/b30-18+. The fourth-order valence-electron chi connectivity index (χ4n) is 5.41. The maximum atomic E-state index is 13.7. The topological polar surface area (TPSA) is 163 Å². The average molecular weight is 743 g/mol. The Kier molecular flexibility index (Phi) is 12.4. The molecule has 1 aliphatic heterocycles. The molecule has 270 valence electrons. The maximum Gasteiger partial charge on any atom is 0.341 e. The molecule has 0 fully saturated rings. The first-order valence-electron chi connectivity index (χ1n) is 16.4. The highest BCUT2D eigenvalue weighted by molar-refractivity contribution is 8.00. The smallest absolute Gasteiger partial charge is 0.341 e. The summed E-state index contributed by atoms with van der Waals surface area (Å²) in [5.41, 5.74) is 2.24. The molecule has 4 amide bonds. The van der Waals surface area contributed by atoms with E-state index in [1.165, 1.54) is 55.3 Å². The van der Waals surface area contributed by atoms with Gasteiger partial charge in [-0.2, -0.15) is 0 Å². The van der Waals surface area contributed by atoms with Crippen molar-refractivity contribution in [1.29, 1.82) is 0 Å². The van der Waals surface area contributed by atoms with Crippen LogP contribution in [-0.2, 0) is 32.1 Å². The van der Waals surface area contributed by atoms with Crippen molar-refractivity contribution in [3.8, 4) is 11.5 Å². The van der Waals surface area contributed by atoms with E-state index in [4.69, 9.17) is 9.47 Å². The van der Waals surface area contributed by atoms with Crippen molar-refractivity contribution in [2.75, 3.05) is 30.9 Å². The lowest BCUT2D eigenvalue weighted by Crippen LogP contribution is -2.34. The van der Waals surface area contributed by atoms with Crippen LogP contribution in [0.4, 0.5) is 10.7 Å². The molecule has 2 heterocycles. The molecule has 0 radical (unpaired) electrons. The Bertz CT molecular complexity index is 2030. The highest BCUT2D eigenvalue weighted by atomic mass is 32.2. The average Bonchev–Trinajstić information content (AvgIpc) is 3.49. The summed E-state index contributed by atoms with van der Waals surface area (Å²) in [4.78, 5) is 68.4. The summed E-state index contributed by atoms with van der Waals surface area (Å²) < 4.78 is 10.7.